The Morgan fingerprint density at radius 3 is 2.58 bits per heavy atom. The minimum Gasteiger partial charge on any atom is -0.598 e. The van der Waals surface area contributed by atoms with Gasteiger partial charge in [-0.25, -0.2) is 17.8 Å². The molecule has 7 nitrogen and oxygen atoms in total. The number of benzene rings is 2. The zero-order valence-electron chi connectivity index (χ0n) is 20.1. The highest BCUT2D eigenvalue weighted by Gasteiger charge is 2.32. The first-order valence-electron chi connectivity index (χ1n) is 11.0. The summed E-state index contributed by atoms with van der Waals surface area (Å²) in [7, 11) is -3.64. The molecule has 0 aliphatic heterocycles. The topological polar surface area (TPSA) is 108 Å². The number of hydrogen-bond donors (Lipinski definition) is 1. The Hall–Kier alpha value is -2.31. The largest absolute Gasteiger partial charge is 0.598 e. The van der Waals surface area contributed by atoms with Gasteiger partial charge in [0.15, 0.2) is 20.4 Å². The Morgan fingerprint density at radius 1 is 1.17 bits per heavy atom. The third kappa shape index (κ3) is 5.81. The van der Waals surface area contributed by atoms with Crippen LogP contribution in [0.25, 0.3) is 22.2 Å². The molecule has 0 saturated carbocycles. The maximum Gasteiger partial charge on any atom is 0.192 e. The molecule has 0 bridgehead atoms. The number of aromatic nitrogens is 2. The number of rotatable bonds is 7. The van der Waals surface area contributed by atoms with E-state index in [0.29, 0.717) is 22.4 Å². The summed E-state index contributed by atoms with van der Waals surface area (Å²) < 4.78 is 61.0. The van der Waals surface area contributed by atoms with Crippen molar-refractivity contribution in [1.29, 1.82) is 0 Å². The van der Waals surface area contributed by atoms with Gasteiger partial charge in [0.05, 0.1) is 11.7 Å². The average Bonchev–Trinajstić information content (AvgIpc) is 3.21. The van der Waals surface area contributed by atoms with Crippen LogP contribution in [0.4, 0.5) is 4.39 Å². The molecule has 11 heteroatoms. The van der Waals surface area contributed by atoms with Gasteiger partial charge in [-0.3, -0.25) is 0 Å². The SMILES string of the molecule is CC(C)(C)[S+]([O-])NC(Cc1nc(S(C)(=O)=O)ccc1F)c1ccccc1-c1noc2cc(Br)ccc12. The van der Waals surface area contributed by atoms with Gasteiger partial charge in [-0.2, -0.15) is 0 Å². The predicted molar refractivity (Wildman–Crippen MR) is 142 cm³/mol. The first kappa shape index (κ1) is 26.7. The lowest BCUT2D eigenvalue weighted by atomic mass is 9.94. The van der Waals surface area contributed by atoms with Crippen LogP contribution in [0.3, 0.4) is 0 Å². The Morgan fingerprint density at radius 2 is 1.89 bits per heavy atom. The van der Waals surface area contributed by atoms with Gasteiger partial charge in [-0.1, -0.05) is 45.4 Å². The van der Waals surface area contributed by atoms with E-state index in [1.165, 1.54) is 0 Å². The van der Waals surface area contributed by atoms with Crippen LogP contribution in [0, 0.1) is 5.82 Å². The molecule has 2 aromatic heterocycles. The molecule has 0 amide bonds. The first-order chi connectivity index (χ1) is 16.8. The standard InChI is InChI=1S/C25H25BrFN3O4S2/c1-25(2,3)35(31)30-20(14-21-19(27)11-12-23(28-21)36(4,32)33)16-7-5-6-8-17(16)24-18-10-9-15(26)13-22(18)34-29-24/h5-13,20,30H,14H2,1-4H3. The van der Waals surface area contributed by atoms with Crippen molar-refractivity contribution in [2.75, 3.05) is 6.26 Å². The quantitative estimate of drug-likeness (QED) is 0.280. The van der Waals surface area contributed by atoms with Crippen molar-refractivity contribution in [3.05, 3.63) is 76.1 Å². The van der Waals surface area contributed by atoms with Crippen LogP contribution >= 0.6 is 15.9 Å². The van der Waals surface area contributed by atoms with E-state index in [0.717, 1.165) is 28.2 Å². The normalized spacial score (nSPS) is 14.2. The third-order valence-electron chi connectivity index (χ3n) is 5.50. The average molecular weight is 595 g/mol. The summed E-state index contributed by atoms with van der Waals surface area (Å²) in [6.07, 6.45) is 0.972. The highest BCUT2D eigenvalue weighted by molar-refractivity contribution is 9.10. The first-order valence-corrected chi connectivity index (χ1v) is 14.9. The highest BCUT2D eigenvalue weighted by atomic mass is 79.9. The lowest BCUT2D eigenvalue weighted by Gasteiger charge is -2.29. The lowest BCUT2D eigenvalue weighted by molar-refractivity contribution is 0.459. The van der Waals surface area contributed by atoms with Gasteiger partial charge < -0.3 is 9.08 Å². The summed E-state index contributed by atoms with van der Waals surface area (Å²) in [5.41, 5.74) is 2.52. The summed E-state index contributed by atoms with van der Waals surface area (Å²) in [4.78, 5) is 4.09. The van der Waals surface area contributed by atoms with Crippen molar-refractivity contribution in [3.63, 3.8) is 0 Å². The van der Waals surface area contributed by atoms with E-state index in [1.54, 1.807) is 0 Å². The second-order valence-electron chi connectivity index (χ2n) is 9.36. The third-order valence-corrected chi connectivity index (χ3v) is 8.59. The molecule has 0 spiro atoms. The highest BCUT2D eigenvalue weighted by Crippen LogP contribution is 2.36. The van der Waals surface area contributed by atoms with E-state index >= 15 is 0 Å². The number of halogens is 2. The smallest absolute Gasteiger partial charge is 0.192 e. The van der Waals surface area contributed by atoms with Crippen LogP contribution in [-0.4, -0.2) is 34.1 Å². The van der Waals surface area contributed by atoms with Gasteiger partial charge in [0.2, 0.25) is 0 Å². The van der Waals surface area contributed by atoms with Crippen molar-refractivity contribution in [2.24, 2.45) is 0 Å². The van der Waals surface area contributed by atoms with E-state index in [-0.39, 0.29) is 17.1 Å². The number of pyridine rings is 1. The van der Waals surface area contributed by atoms with Crippen molar-refractivity contribution < 1.29 is 21.9 Å². The Balaban J connectivity index is 1.84. The second-order valence-corrected chi connectivity index (χ2v) is 14.2. The molecule has 0 aliphatic carbocycles. The molecule has 0 saturated heterocycles. The second kappa shape index (κ2) is 10.2. The van der Waals surface area contributed by atoms with E-state index in [1.807, 2.05) is 63.2 Å². The van der Waals surface area contributed by atoms with Crippen LogP contribution in [0.1, 0.15) is 38.1 Å². The molecule has 0 aliphatic rings. The van der Waals surface area contributed by atoms with E-state index in [2.05, 4.69) is 30.8 Å². The van der Waals surface area contributed by atoms with Gasteiger partial charge in [0.1, 0.15) is 16.3 Å². The monoisotopic (exact) mass is 593 g/mol. The molecule has 4 rings (SSSR count). The van der Waals surface area contributed by atoms with Crippen molar-refractivity contribution >= 4 is 48.1 Å². The molecule has 0 fully saturated rings. The summed E-state index contributed by atoms with van der Waals surface area (Å²) in [6.45, 7) is 5.47. The summed E-state index contributed by atoms with van der Waals surface area (Å²) in [6, 6.07) is 14.5. The van der Waals surface area contributed by atoms with E-state index < -0.39 is 37.8 Å². The van der Waals surface area contributed by atoms with Crippen LogP contribution in [0.15, 0.2) is 68.6 Å². The zero-order chi connectivity index (χ0) is 26.3. The minimum absolute atomic E-state index is 0.0463. The molecule has 4 aromatic rings. The fourth-order valence-corrected chi connectivity index (χ4v) is 5.40. The molecular weight excluding hydrogens is 569 g/mol. The molecule has 2 unspecified atom stereocenters. The Kier molecular flexibility index (Phi) is 7.59. The van der Waals surface area contributed by atoms with Crippen LogP contribution in [-0.2, 0) is 27.6 Å². The molecule has 2 heterocycles. The molecule has 2 atom stereocenters. The number of nitrogens with one attached hydrogen (secondary N) is 1. The van der Waals surface area contributed by atoms with Crippen LogP contribution in [0.2, 0.25) is 0 Å². The van der Waals surface area contributed by atoms with E-state index in [4.69, 9.17) is 4.52 Å². The summed E-state index contributed by atoms with van der Waals surface area (Å²) in [5, 5.41) is 4.84. The molecule has 1 N–H and O–H groups in total. The Labute approximate surface area is 220 Å². The van der Waals surface area contributed by atoms with Crippen molar-refractivity contribution in [1.82, 2.24) is 14.9 Å². The molecule has 36 heavy (non-hydrogen) atoms. The van der Waals surface area contributed by atoms with Gasteiger partial charge >= 0.3 is 0 Å². The maximum absolute atomic E-state index is 14.8. The fourth-order valence-electron chi connectivity index (χ4n) is 3.65. The number of nitrogens with zero attached hydrogens (tertiary/aromatic N) is 2. The van der Waals surface area contributed by atoms with Gasteiger partial charge in [-0.15, -0.1) is 4.72 Å². The lowest BCUT2D eigenvalue weighted by Crippen LogP contribution is -2.42. The molecule has 2 aromatic carbocycles. The number of fused-ring (bicyclic) bond motifs is 1. The van der Waals surface area contributed by atoms with Gasteiger partial charge in [-0.05, 0) is 56.7 Å². The van der Waals surface area contributed by atoms with Crippen molar-refractivity contribution in [2.45, 2.75) is 43.0 Å². The minimum atomic E-state index is -3.64. The molecule has 0 radical (unpaired) electrons. The summed E-state index contributed by atoms with van der Waals surface area (Å²) in [5.74, 6) is -0.648. The summed E-state index contributed by atoms with van der Waals surface area (Å²) >= 11 is 1.90. The maximum atomic E-state index is 14.8. The van der Waals surface area contributed by atoms with Gasteiger partial charge in [0.25, 0.3) is 0 Å². The number of hydrogen-bond acceptors (Lipinski definition) is 7. The van der Waals surface area contributed by atoms with Gasteiger partial charge in [0, 0.05) is 39.5 Å². The fraction of sp³-hybridized carbons (Fsp3) is 0.280. The molecule has 190 valence electrons. The number of sulfone groups is 1. The predicted octanol–water partition coefficient (Wildman–Crippen LogP) is 5.53. The van der Waals surface area contributed by atoms with Crippen molar-refractivity contribution in [3.8, 4) is 11.3 Å². The van der Waals surface area contributed by atoms with Crippen LogP contribution in [0.5, 0.6) is 0 Å². The van der Waals surface area contributed by atoms with Crippen LogP contribution < -0.4 is 4.72 Å². The Bertz CT molecular complexity index is 1520. The van der Waals surface area contributed by atoms with E-state index in [9.17, 15) is 17.4 Å². The zero-order valence-corrected chi connectivity index (χ0v) is 23.3. The molecular formula is C25H25BrFN3O4S2.